The van der Waals surface area contributed by atoms with E-state index in [9.17, 15) is 0 Å². The average molecular weight is 336 g/mol. The Labute approximate surface area is 138 Å². The lowest BCUT2D eigenvalue weighted by Crippen LogP contribution is -2.68. The molecule has 2 unspecified atom stereocenters. The lowest BCUT2D eigenvalue weighted by atomic mass is 10.0. The van der Waals surface area contributed by atoms with Crippen LogP contribution >= 0.6 is 23.5 Å². The van der Waals surface area contributed by atoms with Gasteiger partial charge in [-0.2, -0.15) is 23.5 Å². The Bertz CT molecular complexity index is 278. The van der Waals surface area contributed by atoms with Gasteiger partial charge < -0.3 is 17.2 Å². The zero-order valence-corrected chi connectivity index (χ0v) is 15.2. The molecule has 0 aromatic carbocycles. The van der Waals surface area contributed by atoms with Gasteiger partial charge >= 0.3 is 0 Å². The molecule has 1 fully saturated rings. The van der Waals surface area contributed by atoms with Gasteiger partial charge in [0.05, 0.1) is 5.66 Å². The fourth-order valence-corrected chi connectivity index (χ4v) is 4.14. The molecule has 0 spiro atoms. The van der Waals surface area contributed by atoms with Gasteiger partial charge in [-0.05, 0) is 13.8 Å². The average Bonchev–Trinajstić information content (AvgIpc) is 2.44. The van der Waals surface area contributed by atoms with Gasteiger partial charge in [0.15, 0.2) is 0 Å². The van der Waals surface area contributed by atoms with Crippen LogP contribution in [0.1, 0.15) is 13.8 Å². The summed E-state index contributed by atoms with van der Waals surface area (Å²) in [6.07, 6.45) is 0. The number of nitrogens with zero attached hydrogens (tertiary/aromatic N) is 2. The van der Waals surface area contributed by atoms with E-state index in [1.165, 1.54) is 0 Å². The first kappa shape index (κ1) is 19.5. The number of thioether (sulfide) groups is 2. The van der Waals surface area contributed by atoms with E-state index in [2.05, 4.69) is 23.6 Å². The van der Waals surface area contributed by atoms with Crippen LogP contribution in [0.5, 0.6) is 0 Å². The lowest BCUT2D eigenvalue weighted by Gasteiger charge is -2.50. The number of hydrogen-bond donors (Lipinski definition) is 3. The summed E-state index contributed by atoms with van der Waals surface area (Å²) in [7, 11) is 0. The van der Waals surface area contributed by atoms with Crippen molar-refractivity contribution in [3.05, 3.63) is 0 Å². The molecule has 1 heterocycles. The fourth-order valence-electron chi connectivity index (χ4n) is 2.68. The Hall–Kier alpha value is 0.500. The van der Waals surface area contributed by atoms with Crippen molar-refractivity contribution < 1.29 is 0 Å². The third-order valence-electron chi connectivity index (χ3n) is 3.91. The second-order valence-electron chi connectivity index (χ2n) is 5.92. The Morgan fingerprint density at radius 2 is 1.62 bits per heavy atom. The topological polar surface area (TPSA) is 84.5 Å². The van der Waals surface area contributed by atoms with Gasteiger partial charge in [0.25, 0.3) is 0 Å². The molecule has 5 nitrogen and oxygen atoms in total. The van der Waals surface area contributed by atoms with Crippen LogP contribution in [-0.4, -0.2) is 83.8 Å². The quantitative estimate of drug-likeness (QED) is 0.487. The fraction of sp³-hybridized carbons (Fsp3) is 1.00. The first-order chi connectivity index (χ1) is 10.0. The molecule has 1 rings (SSSR count). The predicted molar refractivity (Wildman–Crippen MR) is 98.0 cm³/mol. The molecule has 6 N–H and O–H groups in total. The molecule has 0 amide bonds. The summed E-state index contributed by atoms with van der Waals surface area (Å²) in [6.45, 7) is 10.1. The van der Waals surface area contributed by atoms with Crippen molar-refractivity contribution in [3.8, 4) is 0 Å². The predicted octanol–water partition coefficient (Wildman–Crippen LogP) is 0.0512. The van der Waals surface area contributed by atoms with Crippen LogP contribution in [-0.2, 0) is 0 Å². The van der Waals surface area contributed by atoms with E-state index >= 15 is 0 Å². The maximum atomic E-state index is 6.54. The Kier molecular flexibility index (Phi) is 9.59. The number of piperazine rings is 1. The molecule has 21 heavy (non-hydrogen) atoms. The highest BCUT2D eigenvalue weighted by molar-refractivity contribution is 7.99. The molecule has 126 valence electrons. The van der Waals surface area contributed by atoms with Crippen LogP contribution in [0.15, 0.2) is 0 Å². The number of hydrogen-bond acceptors (Lipinski definition) is 7. The highest BCUT2D eigenvalue weighted by Gasteiger charge is 2.36. The van der Waals surface area contributed by atoms with Crippen LogP contribution < -0.4 is 17.2 Å². The maximum Gasteiger partial charge on any atom is 0.0789 e. The highest BCUT2D eigenvalue weighted by atomic mass is 32.2. The summed E-state index contributed by atoms with van der Waals surface area (Å²) in [5, 5.41) is 0. The summed E-state index contributed by atoms with van der Waals surface area (Å²) in [4.78, 5) is 4.96. The molecule has 0 bridgehead atoms. The smallest absolute Gasteiger partial charge is 0.0789 e. The molecule has 1 aliphatic heterocycles. The van der Waals surface area contributed by atoms with Crippen LogP contribution in [0.2, 0.25) is 0 Å². The molecule has 1 saturated heterocycles. The molecule has 0 aliphatic carbocycles. The van der Waals surface area contributed by atoms with E-state index in [1.807, 2.05) is 23.5 Å². The largest absolute Gasteiger partial charge is 0.330 e. The molecule has 1 aliphatic rings. The molecule has 0 radical (unpaired) electrons. The second kappa shape index (κ2) is 10.3. The normalized spacial score (nSPS) is 28.1. The number of nitrogens with two attached hydrogens (primary N) is 3. The van der Waals surface area contributed by atoms with Gasteiger partial charge in [-0.15, -0.1) is 0 Å². The van der Waals surface area contributed by atoms with Crippen molar-refractivity contribution in [2.75, 3.05) is 62.3 Å². The van der Waals surface area contributed by atoms with Crippen LogP contribution in [0.4, 0.5) is 0 Å². The Morgan fingerprint density at radius 3 is 2.19 bits per heavy atom. The molecule has 0 saturated carbocycles. The second-order valence-corrected chi connectivity index (χ2v) is 8.37. The lowest BCUT2D eigenvalue weighted by molar-refractivity contribution is -0.0117. The molecular weight excluding hydrogens is 302 g/mol. The van der Waals surface area contributed by atoms with Crippen molar-refractivity contribution in [2.45, 2.75) is 25.6 Å². The van der Waals surface area contributed by atoms with Gasteiger partial charge in [0.1, 0.15) is 0 Å². The summed E-state index contributed by atoms with van der Waals surface area (Å²) in [5.74, 6) is 4.34. The van der Waals surface area contributed by atoms with E-state index in [4.69, 9.17) is 17.2 Å². The van der Waals surface area contributed by atoms with E-state index in [-0.39, 0.29) is 5.66 Å². The van der Waals surface area contributed by atoms with Crippen molar-refractivity contribution in [2.24, 2.45) is 17.2 Å². The number of rotatable bonds is 10. The summed E-state index contributed by atoms with van der Waals surface area (Å²) in [5.41, 5.74) is 17.4. The minimum Gasteiger partial charge on any atom is -0.330 e. The summed E-state index contributed by atoms with van der Waals surface area (Å²) in [6, 6.07) is 0.569. The van der Waals surface area contributed by atoms with Gasteiger partial charge in [-0.3, -0.25) is 9.80 Å². The Morgan fingerprint density at radius 1 is 1.05 bits per heavy atom. The van der Waals surface area contributed by atoms with Crippen molar-refractivity contribution in [3.63, 3.8) is 0 Å². The van der Waals surface area contributed by atoms with Gasteiger partial charge in [-0.1, -0.05) is 0 Å². The van der Waals surface area contributed by atoms with Gasteiger partial charge in [0.2, 0.25) is 0 Å². The zero-order chi connectivity index (χ0) is 15.7. The van der Waals surface area contributed by atoms with Crippen LogP contribution in [0, 0.1) is 0 Å². The van der Waals surface area contributed by atoms with E-state index in [1.54, 1.807) is 0 Å². The minimum atomic E-state index is -0.228. The van der Waals surface area contributed by atoms with Crippen molar-refractivity contribution in [1.82, 2.24) is 9.80 Å². The molecular formula is C14H33N5S2. The van der Waals surface area contributed by atoms with E-state index in [0.29, 0.717) is 6.04 Å². The van der Waals surface area contributed by atoms with E-state index < -0.39 is 0 Å². The highest BCUT2D eigenvalue weighted by Crippen LogP contribution is 2.21. The standard InChI is InChI=1S/C14H33N5S2/c1-13-11-19(6-10-21-8-4-16)14(2,17)12-18(13)5-9-20-7-3-15/h13H,3-12,15-17H2,1-2H3. The van der Waals surface area contributed by atoms with Crippen molar-refractivity contribution >= 4 is 23.5 Å². The van der Waals surface area contributed by atoms with E-state index in [0.717, 1.165) is 62.3 Å². The van der Waals surface area contributed by atoms with Crippen LogP contribution in [0.3, 0.4) is 0 Å². The maximum absolute atomic E-state index is 6.54. The minimum absolute atomic E-state index is 0.228. The molecule has 7 heteroatoms. The summed E-state index contributed by atoms with van der Waals surface area (Å²) >= 11 is 3.85. The van der Waals surface area contributed by atoms with Crippen molar-refractivity contribution in [1.29, 1.82) is 0 Å². The molecule has 2 atom stereocenters. The third kappa shape index (κ3) is 7.07. The first-order valence-corrected chi connectivity index (χ1v) is 10.2. The van der Waals surface area contributed by atoms with Crippen LogP contribution in [0.25, 0.3) is 0 Å². The van der Waals surface area contributed by atoms with Gasteiger partial charge in [-0.25, -0.2) is 0 Å². The van der Waals surface area contributed by atoms with Gasteiger partial charge in [0, 0.05) is 68.3 Å². The molecule has 0 aromatic rings. The monoisotopic (exact) mass is 335 g/mol. The Balaban J connectivity index is 2.37. The third-order valence-corrected chi connectivity index (χ3v) is 5.90. The SMILES string of the molecule is CC1CN(CCSCCN)C(C)(N)CN1CCSCCN. The first-order valence-electron chi connectivity index (χ1n) is 7.85. The zero-order valence-electron chi connectivity index (χ0n) is 13.6. The molecule has 0 aromatic heterocycles. The summed E-state index contributed by atoms with van der Waals surface area (Å²) < 4.78 is 0.